The Hall–Kier alpha value is -1.95. The van der Waals surface area contributed by atoms with Crippen LogP contribution in [0.2, 0.25) is 0 Å². The van der Waals surface area contributed by atoms with Gasteiger partial charge in [-0.2, -0.15) is 0 Å². The van der Waals surface area contributed by atoms with Crippen LogP contribution < -0.4 is 10.5 Å². The number of nitrogens with two attached hydrogens (primary N) is 1. The molecule has 0 spiro atoms. The summed E-state index contributed by atoms with van der Waals surface area (Å²) in [5.41, 5.74) is 5.86. The molecule has 0 bridgehead atoms. The van der Waals surface area contributed by atoms with Gasteiger partial charge in [-0.1, -0.05) is 0 Å². The normalized spacial score (nSPS) is 12.5. The number of imidazole rings is 1. The van der Waals surface area contributed by atoms with E-state index in [2.05, 4.69) is 4.98 Å². The molecule has 19 heavy (non-hydrogen) atoms. The number of halogens is 2. The maximum atomic E-state index is 14.0. The van der Waals surface area contributed by atoms with Crippen molar-refractivity contribution in [3.05, 3.63) is 47.5 Å². The molecule has 1 heterocycles. The Kier molecular flexibility index (Phi) is 3.80. The van der Waals surface area contributed by atoms with Gasteiger partial charge in [0.05, 0.1) is 13.0 Å². The minimum absolute atomic E-state index is 0.128. The van der Waals surface area contributed by atoms with E-state index in [9.17, 15) is 8.78 Å². The zero-order valence-electron chi connectivity index (χ0n) is 10.7. The second kappa shape index (κ2) is 5.36. The quantitative estimate of drug-likeness (QED) is 0.919. The number of nitrogens with zero attached hydrogens (tertiary/aromatic N) is 2. The number of aromatic nitrogens is 2. The van der Waals surface area contributed by atoms with Crippen LogP contribution in [0.4, 0.5) is 8.78 Å². The van der Waals surface area contributed by atoms with E-state index in [4.69, 9.17) is 10.5 Å². The van der Waals surface area contributed by atoms with Crippen LogP contribution in [-0.4, -0.2) is 23.2 Å². The molecular formula is C13H15F2N3O. The molecule has 1 aromatic carbocycles. The molecule has 0 aliphatic heterocycles. The van der Waals surface area contributed by atoms with Crippen LogP contribution in [0.1, 0.15) is 17.3 Å². The molecule has 0 amide bonds. The molecule has 6 heteroatoms. The van der Waals surface area contributed by atoms with Crippen LogP contribution in [0.15, 0.2) is 24.5 Å². The maximum absolute atomic E-state index is 14.0. The van der Waals surface area contributed by atoms with Crippen molar-refractivity contribution < 1.29 is 13.5 Å². The Morgan fingerprint density at radius 2 is 2.11 bits per heavy atom. The molecule has 1 unspecified atom stereocenters. The maximum Gasteiger partial charge on any atom is 0.165 e. The van der Waals surface area contributed by atoms with Crippen LogP contribution in [0, 0.1) is 11.6 Å². The summed E-state index contributed by atoms with van der Waals surface area (Å²) in [7, 11) is 3.07. The number of hydrogen-bond acceptors (Lipinski definition) is 3. The van der Waals surface area contributed by atoms with Gasteiger partial charge >= 0.3 is 0 Å². The van der Waals surface area contributed by atoms with E-state index < -0.39 is 17.6 Å². The molecule has 2 aromatic rings. The third-order valence-electron chi connectivity index (χ3n) is 3.05. The zero-order chi connectivity index (χ0) is 14.0. The third-order valence-corrected chi connectivity index (χ3v) is 3.05. The standard InChI is InChI=1S/C13H15F2N3O/c1-18-4-3-17-13(18)9(7-16)8-5-11(15)12(19-2)6-10(8)14/h3-6,9H,7,16H2,1-2H3. The molecule has 2 rings (SSSR count). The van der Waals surface area contributed by atoms with Crippen molar-refractivity contribution in [1.82, 2.24) is 9.55 Å². The fraction of sp³-hybridized carbons (Fsp3) is 0.308. The first-order valence-electron chi connectivity index (χ1n) is 5.78. The van der Waals surface area contributed by atoms with Gasteiger partial charge in [0.1, 0.15) is 11.6 Å². The lowest BCUT2D eigenvalue weighted by Gasteiger charge is -2.17. The SMILES string of the molecule is COc1cc(F)c(C(CN)c2nccn2C)cc1F. The molecule has 1 aromatic heterocycles. The van der Waals surface area contributed by atoms with Gasteiger partial charge in [-0.05, 0) is 6.07 Å². The molecule has 4 nitrogen and oxygen atoms in total. The Balaban J connectivity index is 2.50. The minimum atomic E-state index is -0.619. The van der Waals surface area contributed by atoms with Gasteiger partial charge in [0, 0.05) is 37.6 Å². The summed E-state index contributed by atoms with van der Waals surface area (Å²) in [4.78, 5) is 4.14. The van der Waals surface area contributed by atoms with Crippen LogP contribution in [0.3, 0.4) is 0 Å². The molecule has 0 aliphatic carbocycles. The highest BCUT2D eigenvalue weighted by Gasteiger charge is 2.22. The molecular weight excluding hydrogens is 252 g/mol. The number of hydrogen-bond donors (Lipinski definition) is 1. The van der Waals surface area contributed by atoms with Crippen molar-refractivity contribution in [2.45, 2.75) is 5.92 Å². The van der Waals surface area contributed by atoms with Crippen molar-refractivity contribution in [1.29, 1.82) is 0 Å². The fourth-order valence-corrected chi connectivity index (χ4v) is 2.05. The molecule has 0 saturated heterocycles. The highest BCUT2D eigenvalue weighted by atomic mass is 19.1. The van der Waals surface area contributed by atoms with Crippen molar-refractivity contribution in [2.24, 2.45) is 12.8 Å². The Morgan fingerprint density at radius 1 is 1.37 bits per heavy atom. The Morgan fingerprint density at radius 3 is 2.63 bits per heavy atom. The monoisotopic (exact) mass is 267 g/mol. The summed E-state index contributed by atoms with van der Waals surface area (Å²) in [6.45, 7) is 0.132. The molecule has 1 atom stereocenters. The number of benzene rings is 1. The van der Waals surface area contributed by atoms with E-state index in [1.54, 1.807) is 24.0 Å². The lowest BCUT2D eigenvalue weighted by molar-refractivity contribution is 0.381. The summed E-state index contributed by atoms with van der Waals surface area (Å²) >= 11 is 0. The summed E-state index contributed by atoms with van der Waals surface area (Å²) in [6.07, 6.45) is 3.32. The molecule has 2 N–H and O–H groups in total. The number of rotatable bonds is 4. The minimum Gasteiger partial charge on any atom is -0.494 e. The molecule has 102 valence electrons. The molecule has 0 saturated carbocycles. The fourth-order valence-electron chi connectivity index (χ4n) is 2.05. The second-order valence-corrected chi connectivity index (χ2v) is 4.19. The average Bonchev–Trinajstić information content (AvgIpc) is 2.80. The predicted octanol–water partition coefficient (Wildman–Crippen LogP) is 1.80. The van der Waals surface area contributed by atoms with E-state index in [0.29, 0.717) is 5.82 Å². The first kappa shape index (κ1) is 13.5. The van der Waals surface area contributed by atoms with Gasteiger partial charge in [0.2, 0.25) is 0 Å². The predicted molar refractivity (Wildman–Crippen MR) is 67.0 cm³/mol. The van der Waals surface area contributed by atoms with E-state index >= 15 is 0 Å². The highest BCUT2D eigenvalue weighted by molar-refractivity contribution is 5.35. The molecule has 0 radical (unpaired) electrons. The van der Waals surface area contributed by atoms with E-state index in [0.717, 1.165) is 12.1 Å². The van der Waals surface area contributed by atoms with Crippen LogP contribution in [0.25, 0.3) is 0 Å². The van der Waals surface area contributed by atoms with Gasteiger partial charge in [0.15, 0.2) is 11.6 Å². The van der Waals surface area contributed by atoms with Gasteiger partial charge in [-0.25, -0.2) is 13.8 Å². The summed E-state index contributed by atoms with van der Waals surface area (Å²) in [5, 5.41) is 0. The Labute approximate surface area is 109 Å². The molecule has 0 fully saturated rings. The van der Waals surface area contributed by atoms with Crippen molar-refractivity contribution >= 4 is 0 Å². The van der Waals surface area contributed by atoms with Gasteiger partial charge < -0.3 is 15.0 Å². The zero-order valence-corrected chi connectivity index (χ0v) is 10.7. The first-order chi connectivity index (χ1) is 9.08. The van der Waals surface area contributed by atoms with Crippen molar-refractivity contribution in [3.63, 3.8) is 0 Å². The average molecular weight is 267 g/mol. The van der Waals surface area contributed by atoms with E-state index in [1.165, 1.54) is 7.11 Å². The van der Waals surface area contributed by atoms with E-state index in [-0.39, 0.29) is 17.9 Å². The van der Waals surface area contributed by atoms with Crippen LogP contribution >= 0.6 is 0 Å². The van der Waals surface area contributed by atoms with Crippen LogP contribution in [0.5, 0.6) is 5.75 Å². The lowest BCUT2D eigenvalue weighted by Crippen LogP contribution is -2.19. The van der Waals surface area contributed by atoms with Gasteiger partial charge in [0.25, 0.3) is 0 Å². The van der Waals surface area contributed by atoms with E-state index in [1.807, 2.05) is 0 Å². The summed E-state index contributed by atoms with van der Waals surface area (Å²) in [6, 6.07) is 2.14. The van der Waals surface area contributed by atoms with Crippen molar-refractivity contribution in [2.75, 3.05) is 13.7 Å². The largest absolute Gasteiger partial charge is 0.494 e. The number of ether oxygens (including phenoxy) is 1. The second-order valence-electron chi connectivity index (χ2n) is 4.19. The Bertz CT molecular complexity index is 583. The van der Waals surface area contributed by atoms with Gasteiger partial charge in [-0.15, -0.1) is 0 Å². The lowest BCUT2D eigenvalue weighted by atomic mass is 9.97. The first-order valence-corrected chi connectivity index (χ1v) is 5.78. The van der Waals surface area contributed by atoms with Gasteiger partial charge in [-0.3, -0.25) is 0 Å². The number of aryl methyl sites for hydroxylation is 1. The number of methoxy groups -OCH3 is 1. The summed E-state index contributed by atoms with van der Waals surface area (Å²) in [5.74, 6) is -1.22. The topological polar surface area (TPSA) is 53.1 Å². The third kappa shape index (κ3) is 2.44. The van der Waals surface area contributed by atoms with Crippen LogP contribution in [-0.2, 0) is 7.05 Å². The molecule has 0 aliphatic rings. The highest BCUT2D eigenvalue weighted by Crippen LogP contribution is 2.29. The van der Waals surface area contributed by atoms with Crippen molar-refractivity contribution in [3.8, 4) is 5.75 Å². The summed E-state index contributed by atoms with van der Waals surface area (Å²) < 4.78 is 34.2. The smallest absolute Gasteiger partial charge is 0.165 e.